The van der Waals surface area contributed by atoms with Crippen molar-refractivity contribution in [2.24, 2.45) is 5.92 Å². The van der Waals surface area contributed by atoms with Crippen LogP contribution in [0.3, 0.4) is 0 Å². The zero-order chi connectivity index (χ0) is 20.5. The van der Waals surface area contributed by atoms with E-state index in [0.29, 0.717) is 30.0 Å². The van der Waals surface area contributed by atoms with Gasteiger partial charge in [-0.3, -0.25) is 9.59 Å². The first-order valence-electron chi connectivity index (χ1n) is 9.81. The Bertz CT molecular complexity index is 967. The molecule has 0 saturated carbocycles. The van der Waals surface area contributed by atoms with Gasteiger partial charge in [-0.15, -0.1) is 0 Å². The number of carbonyl (C=O) groups is 2. The van der Waals surface area contributed by atoms with Gasteiger partial charge >= 0.3 is 0 Å². The lowest BCUT2D eigenvalue weighted by atomic mass is 9.97. The predicted octanol–water partition coefficient (Wildman–Crippen LogP) is 3.12. The van der Waals surface area contributed by atoms with E-state index in [4.69, 9.17) is 0 Å². The lowest BCUT2D eigenvalue weighted by molar-refractivity contribution is -0.120. The Kier molecular flexibility index (Phi) is 5.20. The van der Waals surface area contributed by atoms with Crippen LogP contribution < -0.4 is 4.90 Å². The highest BCUT2D eigenvalue weighted by Crippen LogP contribution is 2.36. The number of imide groups is 1. The molecule has 2 amide bonds. The Hall–Kier alpha value is -2.99. The van der Waals surface area contributed by atoms with Crippen LogP contribution in [0, 0.1) is 18.7 Å². The number of likely N-dealkylation sites (tertiary alicyclic amines) is 1. The molecular formula is C23H23FN2O3. The number of aliphatic hydroxyl groups is 1. The van der Waals surface area contributed by atoms with Crippen LogP contribution >= 0.6 is 0 Å². The molecule has 150 valence electrons. The van der Waals surface area contributed by atoms with Crippen molar-refractivity contribution in [3.8, 4) is 0 Å². The van der Waals surface area contributed by atoms with Crippen LogP contribution in [0.25, 0.3) is 5.57 Å². The monoisotopic (exact) mass is 394 g/mol. The molecule has 0 aliphatic carbocycles. The molecule has 2 aromatic carbocycles. The SMILES string of the molecule is Cc1ccc(N2C(=O)C(c3ccc(F)cc3)=C(N3CCCC(CO)C3)C2=O)cc1. The molecule has 5 nitrogen and oxygen atoms in total. The molecule has 6 heteroatoms. The van der Waals surface area contributed by atoms with Gasteiger partial charge in [0.15, 0.2) is 0 Å². The zero-order valence-corrected chi connectivity index (χ0v) is 16.3. The van der Waals surface area contributed by atoms with Gasteiger partial charge in [0.05, 0.1) is 11.3 Å². The highest BCUT2D eigenvalue weighted by molar-refractivity contribution is 6.45. The van der Waals surface area contributed by atoms with Crippen LogP contribution in [0.1, 0.15) is 24.0 Å². The second-order valence-electron chi connectivity index (χ2n) is 7.65. The Morgan fingerprint density at radius 1 is 1.03 bits per heavy atom. The third kappa shape index (κ3) is 3.56. The highest BCUT2D eigenvalue weighted by Gasteiger charge is 2.43. The molecule has 2 aliphatic heterocycles. The minimum Gasteiger partial charge on any atom is -0.396 e. The predicted molar refractivity (Wildman–Crippen MR) is 108 cm³/mol. The highest BCUT2D eigenvalue weighted by atomic mass is 19.1. The number of nitrogens with zero attached hydrogens (tertiary/aromatic N) is 2. The summed E-state index contributed by atoms with van der Waals surface area (Å²) < 4.78 is 13.5. The fourth-order valence-electron chi connectivity index (χ4n) is 4.03. The fourth-order valence-corrected chi connectivity index (χ4v) is 4.03. The summed E-state index contributed by atoms with van der Waals surface area (Å²) >= 11 is 0. The molecule has 0 bridgehead atoms. The average Bonchev–Trinajstić information content (AvgIpc) is 2.99. The summed E-state index contributed by atoms with van der Waals surface area (Å²) in [4.78, 5) is 29.9. The number of benzene rings is 2. The first kappa shape index (κ1) is 19.3. The molecule has 1 fully saturated rings. The van der Waals surface area contributed by atoms with E-state index in [-0.39, 0.29) is 24.0 Å². The number of hydrogen-bond acceptors (Lipinski definition) is 4. The summed E-state index contributed by atoms with van der Waals surface area (Å²) in [5.74, 6) is -1.13. The van der Waals surface area contributed by atoms with E-state index in [1.165, 1.54) is 29.2 Å². The van der Waals surface area contributed by atoms with Gasteiger partial charge in [-0.1, -0.05) is 29.8 Å². The van der Waals surface area contributed by atoms with Gasteiger partial charge in [-0.05, 0) is 55.5 Å². The number of piperidine rings is 1. The van der Waals surface area contributed by atoms with E-state index in [9.17, 15) is 19.1 Å². The number of aliphatic hydroxyl groups excluding tert-OH is 1. The number of anilines is 1. The first-order chi connectivity index (χ1) is 14.0. The van der Waals surface area contributed by atoms with Crippen molar-refractivity contribution in [3.05, 3.63) is 71.2 Å². The van der Waals surface area contributed by atoms with Crippen molar-refractivity contribution in [3.63, 3.8) is 0 Å². The molecule has 2 aliphatic rings. The Morgan fingerprint density at radius 2 is 1.72 bits per heavy atom. The molecular weight excluding hydrogens is 371 g/mol. The van der Waals surface area contributed by atoms with Crippen molar-refractivity contribution in [2.45, 2.75) is 19.8 Å². The zero-order valence-electron chi connectivity index (χ0n) is 16.3. The minimum atomic E-state index is -0.411. The van der Waals surface area contributed by atoms with Crippen LogP contribution in [0.2, 0.25) is 0 Å². The maximum Gasteiger partial charge on any atom is 0.282 e. The molecule has 1 unspecified atom stereocenters. The molecule has 1 saturated heterocycles. The molecule has 0 radical (unpaired) electrons. The fraction of sp³-hybridized carbons (Fsp3) is 0.304. The third-order valence-corrected chi connectivity index (χ3v) is 5.58. The number of aryl methyl sites for hydroxylation is 1. The summed E-state index contributed by atoms with van der Waals surface area (Å²) in [6.45, 7) is 3.13. The largest absolute Gasteiger partial charge is 0.396 e. The van der Waals surface area contributed by atoms with Crippen molar-refractivity contribution >= 4 is 23.1 Å². The topological polar surface area (TPSA) is 60.9 Å². The van der Waals surface area contributed by atoms with E-state index in [2.05, 4.69) is 0 Å². The average molecular weight is 394 g/mol. The lowest BCUT2D eigenvalue weighted by Crippen LogP contribution is -2.40. The molecule has 0 aromatic heterocycles. The van der Waals surface area contributed by atoms with Crippen molar-refractivity contribution in [1.29, 1.82) is 0 Å². The number of carbonyl (C=O) groups excluding carboxylic acids is 2. The second-order valence-corrected chi connectivity index (χ2v) is 7.65. The second kappa shape index (κ2) is 7.79. The van der Waals surface area contributed by atoms with Crippen LogP contribution in [-0.4, -0.2) is 41.5 Å². The molecule has 2 heterocycles. The molecule has 1 atom stereocenters. The van der Waals surface area contributed by atoms with Crippen LogP contribution in [0.5, 0.6) is 0 Å². The number of rotatable bonds is 4. The molecule has 2 aromatic rings. The Morgan fingerprint density at radius 3 is 2.38 bits per heavy atom. The van der Waals surface area contributed by atoms with Gasteiger partial charge < -0.3 is 10.0 Å². The summed E-state index contributed by atoms with van der Waals surface area (Å²) in [6, 6.07) is 12.9. The third-order valence-electron chi connectivity index (χ3n) is 5.58. The number of halogens is 1. The summed E-state index contributed by atoms with van der Waals surface area (Å²) in [5, 5.41) is 9.59. The van der Waals surface area contributed by atoms with Crippen LogP contribution in [0.15, 0.2) is 54.2 Å². The summed E-state index contributed by atoms with van der Waals surface area (Å²) in [5.41, 5.74) is 2.67. The number of amides is 2. The maximum atomic E-state index is 13.5. The summed E-state index contributed by atoms with van der Waals surface area (Å²) in [7, 11) is 0. The Labute approximate surface area is 169 Å². The normalized spacial score (nSPS) is 20.0. The van der Waals surface area contributed by atoms with Gasteiger partial charge in [0.2, 0.25) is 0 Å². The van der Waals surface area contributed by atoms with Gasteiger partial charge in [-0.25, -0.2) is 9.29 Å². The lowest BCUT2D eigenvalue weighted by Gasteiger charge is -2.34. The van der Waals surface area contributed by atoms with Crippen molar-refractivity contribution in [2.75, 3.05) is 24.6 Å². The smallest absolute Gasteiger partial charge is 0.282 e. The summed E-state index contributed by atoms with van der Waals surface area (Å²) in [6.07, 6.45) is 1.72. The maximum absolute atomic E-state index is 13.5. The van der Waals surface area contributed by atoms with E-state index in [0.717, 1.165) is 18.4 Å². The van der Waals surface area contributed by atoms with E-state index in [1.807, 2.05) is 24.0 Å². The van der Waals surface area contributed by atoms with E-state index < -0.39 is 11.7 Å². The molecule has 4 rings (SSSR count). The molecule has 1 N–H and O–H groups in total. The molecule has 0 spiro atoms. The molecule has 29 heavy (non-hydrogen) atoms. The van der Waals surface area contributed by atoms with Gasteiger partial charge in [0.25, 0.3) is 11.8 Å². The van der Waals surface area contributed by atoms with Crippen molar-refractivity contribution < 1.29 is 19.1 Å². The van der Waals surface area contributed by atoms with Gasteiger partial charge in [0, 0.05) is 19.7 Å². The Balaban J connectivity index is 1.80. The standard InChI is InChI=1S/C23H23FN2O3/c1-15-4-10-19(11-5-15)26-22(28)20(17-6-8-18(24)9-7-17)21(23(26)29)25-12-2-3-16(13-25)14-27/h4-11,16,27H,2-3,12-14H2,1H3. The quantitative estimate of drug-likeness (QED) is 0.810. The minimum absolute atomic E-state index is 0.0411. The van der Waals surface area contributed by atoms with Crippen molar-refractivity contribution in [1.82, 2.24) is 4.90 Å². The van der Waals surface area contributed by atoms with E-state index in [1.54, 1.807) is 12.1 Å². The number of hydrogen-bond donors (Lipinski definition) is 1. The van der Waals surface area contributed by atoms with Crippen LogP contribution in [-0.2, 0) is 9.59 Å². The van der Waals surface area contributed by atoms with E-state index >= 15 is 0 Å². The van der Waals surface area contributed by atoms with Gasteiger partial charge in [0.1, 0.15) is 11.5 Å². The first-order valence-corrected chi connectivity index (χ1v) is 9.81. The van der Waals surface area contributed by atoms with Gasteiger partial charge in [-0.2, -0.15) is 0 Å². The van der Waals surface area contributed by atoms with Crippen LogP contribution in [0.4, 0.5) is 10.1 Å².